The average Bonchev–Trinajstić information content (AvgIpc) is 2.63. The Morgan fingerprint density at radius 2 is 1.68 bits per heavy atom. The second-order valence-corrected chi connectivity index (χ2v) is 7.38. The number of piperazine rings is 1. The summed E-state index contributed by atoms with van der Waals surface area (Å²) < 4.78 is 0. The topological polar surface area (TPSA) is 71.1 Å². The molecule has 0 aliphatic carbocycles. The standard InChI is InChI=1S/C18H25ClN4O2/c19-15-1-3-16(4-2-15)22-11-9-21(10-12-22)13-17(24)23-7-5-14(6-8-23)18(20)25/h1-4,14H,5-13H2,(H2,20,25)/p+1. The summed E-state index contributed by atoms with van der Waals surface area (Å²) in [5.74, 6) is -0.117. The molecule has 0 saturated carbocycles. The van der Waals surface area contributed by atoms with Crippen molar-refractivity contribution in [1.29, 1.82) is 0 Å². The molecule has 3 N–H and O–H groups in total. The minimum absolute atomic E-state index is 0.0701. The van der Waals surface area contributed by atoms with E-state index in [1.54, 1.807) is 0 Å². The lowest BCUT2D eigenvalue weighted by molar-refractivity contribution is -0.892. The number of carbonyl (C=O) groups is 2. The van der Waals surface area contributed by atoms with Gasteiger partial charge < -0.3 is 20.4 Å². The molecule has 0 atom stereocenters. The van der Waals surface area contributed by atoms with Gasteiger partial charge in [-0.15, -0.1) is 0 Å². The molecule has 2 heterocycles. The summed E-state index contributed by atoms with van der Waals surface area (Å²) in [6.07, 6.45) is 1.39. The third-order valence-corrected chi connectivity index (χ3v) is 5.57. The number of nitrogens with zero attached hydrogens (tertiary/aromatic N) is 2. The lowest BCUT2D eigenvalue weighted by Crippen LogP contribution is -3.16. The van der Waals surface area contributed by atoms with E-state index < -0.39 is 0 Å². The van der Waals surface area contributed by atoms with Crippen LogP contribution >= 0.6 is 11.6 Å². The molecule has 25 heavy (non-hydrogen) atoms. The number of anilines is 1. The summed E-state index contributed by atoms with van der Waals surface area (Å²) in [6, 6.07) is 7.91. The van der Waals surface area contributed by atoms with Crippen LogP contribution in [0.4, 0.5) is 5.69 Å². The molecule has 1 aromatic carbocycles. The molecule has 2 amide bonds. The van der Waals surface area contributed by atoms with E-state index in [0.717, 1.165) is 31.2 Å². The Morgan fingerprint density at radius 1 is 1.08 bits per heavy atom. The van der Waals surface area contributed by atoms with Crippen LogP contribution in [0.25, 0.3) is 0 Å². The Kier molecular flexibility index (Phi) is 5.81. The van der Waals surface area contributed by atoms with Gasteiger partial charge >= 0.3 is 0 Å². The third-order valence-electron chi connectivity index (χ3n) is 5.31. The number of amides is 2. The first-order valence-electron chi connectivity index (χ1n) is 8.94. The van der Waals surface area contributed by atoms with Crippen LogP contribution in [0.3, 0.4) is 0 Å². The van der Waals surface area contributed by atoms with Crippen LogP contribution in [0.1, 0.15) is 12.8 Å². The summed E-state index contributed by atoms with van der Waals surface area (Å²) in [5.41, 5.74) is 6.53. The number of halogens is 1. The maximum absolute atomic E-state index is 12.5. The van der Waals surface area contributed by atoms with Crippen LogP contribution in [0, 0.1) is 5.92 Å². The molecule has 7 heteroatoms. The van der Waals surface area contributed by atoms with Gasteiger partial charge in [-0.2, -0.15) is 0 Å². The first-order valence-corrected chi connectivity index (χ1v) is 9.32. The van der Waals surface area contributed by atoms with Crippen molar-refractivity contribution in [3.63, 3.8) is 0 Å². The Labute approximate surface area is 153 Å². The molecule has 2 saturated heterocycles. The van der Waals surface area contributed by atoms with Crippen molar-refractivity contribution >= 4 is 29.1 Å². The first kappa shape index (κ1) is 18.0. The fraction of sp³-hybridized carbons (Fsp3) is 0.556. The number of quaternary nitrogens is 1. The number of nitrogens with two attached hydrogens (primary N) is 1. The molecule has 0 bridgehead atoms. The van der Waals surface area contributed by atoms with Gasteiger partial charge in [-0.1, -0.05) is 11.6 Å². The van der Waals surface area contributed by atoms with Crippen molar-refractivity contribution in [1.82, 2.24) is 4.90 Å². The molecular formula is C18H26ClN4O2+. The number of hydrogen-bond donors (Lipinski definition) is 2. The van der Waals surface area contributed by atoms with Crippen LogP contribution in [0.5, 0.6) is 0 Å². The number of nitrogens with one attached hydrogen (secondary N) is 1. The lowest BCUT2D eigenvalue weighted by Gasteiger charge is -2.35. The highest BCUT2D eigenvalue weighted by atomic mass is 35.5. The van der Waals surface area contributed by atoms with Crippen molar-refractivity contribution < 1.29 is 14.5 Å². The monoisotopic (exact) mass is 365 g/mol. The van der Waals surface area contributed by atoms with Crippen LogP contribution in [0.2, 0.25) is 5.02 Å². The molecular weight excluding hydrogens is 340 g/mol. The summed E-state index contributed by atoms with van der Waals surface area (Å²) in [5, 5.41) is 0.749. The van der Waals surface area contributed by atoms with E-state index in [1.807, 2.05) is 29.2 Å². The molecule has 0 unspecified atom stereocenters. The molecule has 6 nitrogen and oxygen atoms in total. The van der Waals surface area contributed by atoms with Gasteiger partial charge in [0, 0.05) is 29.7 Å². The molecule has 0 radical (unpaired) electrons. The number of hydrogen-bond acceptors (Lipinski definition) is 3. The van der Waals surface area contributed by atoms with Crippen LogP contribution in [-0.2, 0) is 9.59 Å². The zero-order valence-electron chi connectivity index (χ0n) is 14.4. The quantitative estimate of drug-likeness (QED) is 0.774. The van der Waals surface area contributed by atoms with Crippen molar-refractivity contribution in [2.45, 2.75) is 12.8 Å². The minimum Gasteiger partial charge on any atom is -0.369 e. The number of primary amides is 1. The second kappa shape index (κ2) is 8.06. The van der Waals surface area contributed by atoms with E-state index in [4.69, 9.17) is 17.3 Å². The SMILES string of the molecule is NC(=O)C1CCN(C(=O)C[NH+]2CCN(c3ccc(Cl)cc3)CC2)CC1. The van der Waals surface area contributed by atoms with Crippen LogP contribution in [-0.4, -0.2) is 62.5 Å². The summed E-state index contributed by atoms with van der Waals surface area (Å²) >= 11 is 5.94. The normalized spacial score (nSPS) is 19.9. The Hall–Kier alpha value is -1.79. The highest BCUT2D eigenvalue weighted by Gasteiger charge is 2.29. The van der Waals surface area contributed by atoms with Crippen LogP contribution in [0.15, 0.2) is 24.3 Å². The number of benzene rings is 1. The van der Waals surface area contributed by atoms with Crippen LogP contribution < -0.4 is 15.5 Å². The molecule has 1 aromatic rings. The summed E-state index contributed by atoms with van der Waals surface area (Å²) in [6.45, 7) is 5.61. The largest absolute Gasteiger partial charge is 0.369 e. The maximum atomic E-state index is 12.5. The van der Waals surface area contributed by atoms with E-state index in [9.17, 15) is 9.59 Å². The Bertz CT molecular complexity index is 606. The fourth-order valence-corrected chi connectivity index (χ4v) is 3.77. The third kappa shape index (κ3) is 4.64. The van der Waals surface area contributed by atoms with Gasteiger partial charge in [-0.25, -0.2) is 0 Å². The van der Waals surface area contributed by atoms with E-state index in [-0.39, 0.29) is 17.7 Å². The highest BCUT2D eigenvalue weighted by Crippen LogP contribution is 2.18. The molecule has 136 valence electrons. The van der Waals surface area contributed by atoms with Gasteiger partial charge in [-0.3, -0.25) is 9.59 Å². The number of likely N-dealkylation sites (tertiary alicyclic amines) is 1. The lowest BCUT2D eigenvalue weighted by atomic mass is 9.96. The van der Waals surface area contributed by atoms with E-state index >= 15 is 0 Å². The Morgan fingerprint density at radius 3 is 2.24 bits per heavy atom. The van der Waals surface area contributed by atoms with Crippen molar-refractivity contribution in [2.24, 2.45) is 11.7 Å². The molecule has 0 aromatic heterocycles. The number of carbonyl (C=O) groups excluding carboxylic acids is 2. The molecule has 2 fully saturated rings. The molecule has 2 aliphatic rings. The smallest absolute Gasteiger partial charge is 0.277 e. The van der Waals surface area contributed by atoms with Gasteiger partial charge in [0.15, 0.2) is 6.54 Å². The molecule has 2 aliphatic heterocycles. The molecule has 0 spiro atoms. The van der Waals surface area contributed by atoms with E-state index in [2.05, 4.69) is 4.90 Å². The zero-order chi connectivity index (χ0) is 17.8. The van der Waals surface area contributed by atoms with Gasteiger partial charge in [0.1, 0.15) is 0 Å². The predicted octanol–water partition coefficient (Wildman–Crippen LogP) is -0.231. The minimum atomic E-state index is -0.240. The zero-order valence-corrected chi connectivity index (χ0v) is 15.2. The van der Waals surface area contributed by atoms with Gasteiger partial charge in [0.05, 0.1) is 26.2 Å². The van der Waals surface area contributed by atoms with Gasteiger partial charge in [0.2, 0.25) is 5.91 Å². The van der Waals surface area contributed by atoms with Gasteiger partial charge in [0.25, 0.3) is 5.91 Å². The first-order chi connectivity index (χ1) is 12.0. The maximum Gasteiger partial charge on any atom is 0.277 e. The molecule has 3 rings (SSSR count). The predicted molar refractivity (Wildman–Crippen MR) is 97.7 cm³/mol. The van der Waals surface area contributed by atoms with Crippen molar-refractivity contribution in [3.05, 3.63) is 29.3 Å². The summed E-state index contributed by atoms with van der Waals surface area (Å²) in [7, 11) is 0. The van der Waals surface area contributed by atoms with Crippen molar-refractivity contribution in [2.75, 3.05) is 50.7 Å². The number of piperidine rings is 1. The van der Waals surface area contributed by atoms with Crippen molar-refractivity contribution in [3.8, 4) is 0 Å². The second-order valence-electron chi connectivity index (χ2n) is 6.95. The van der Waals surface area contributed by atoms with E-state index in [0.29, 0.717) is 32.5 Å². The van der Waals surface area contributed by atoms with E-state index in [1.165, 1.54) is 10.6 Å². The summed E-state index contributed by atoms with van der Waals surface area (Å²) in [4.78, 5) is 29.3. The fourth-order valence-electron chi connectivity index (χ4n) is 3.65. The number of rotatable bonds is 4. The highest BCUT2D eigenvalue weighted by molar-refractivity contribution is 6.30. The Balaban J connectivity index is 1.43. The van der Waals surface area contributed by atoms with Gasteiger partial charge in [-0.05, 0) is 37.1 Å². The average molecular weight is 366 g/mol.